The van der Waals surface area contributed by atoms with Crippen molar-refractivity contribution in [3.05, 3.63) is 88.2 Å². The van der Waals surface area contributed by atoms with Gasteiger partial charge in [-0.15, -0.1) is 0 Å². The van der Waals surface area contributed by atoms with Crippen LogP contribution in [0, 0.1) is 6.92 Å². The standard InChI is InChI=1S/C26H25N3O4S/c1-17-8-11-19(12-9-17)27-24(30)16-34-26-28-21-7-5-4-6-20(21)25(31)29(26)15-18-10-13-22(32-2)23(14-18)33-3/h4-14H,15-16H2,1-3H3,(H,27,30). The molecule has 1 aromatic heterocycles. The normalized spacial score (nSPS) is 10.8. The van der Waals surface area contributed by atoms with Crippen molar-refractivity contribution in [2.75, 3.05) is 25.3 Å². The Labute approximate surface area is 201 Å². The average Bonchev–Trinajstić information content (AvgIpc) is 2.86. The SMILES string of the molecule is COc1ccc(Cn2c(SCC(=O)Nc3ccc(C)cc3)nc3ccccc3c2=O)cc1OC. The fourth-order valence-corrected chi connectivity index (χ4v) is 4.32. The summed E-state index contributed by atoms with van der Waals surface area (Å²) in [5.41, 5.74) is 3.12. The van der Waals surface area contributed by atoms with Gasteiger partial charge in [-0.3, -0.25) is 14.2 Å². The summed E-state index contributed by atoms with van der Waals surface area (Å²) < 4.78 is 12.3. The number of amides is 1. The number of para-hydroxylation sites is 1. The number of methoxy groups -OCH3 is 2. The number of ether oxygens (including phenoxy) is 2. The van der Waals surface area contributed by atoms with Crippen LogP contribution in [0.5, 0.6) is 11.5 Å². The molecule has 0 atom stereocenters. The van der Waals surface area contributed by atoms with E-state index in [1.807, 2.05) is 55.5 Å². The maximum absolute atomic E-state index is 13.4. The molecule has 4 rings (SSSR count). The van der Waals surface area contributed by atoms with Gasteiger partial charge in [0.25, 0.3) is 5.56 Å². The number of anilines is 1. The molecule has 174 valence electrons. The summed E-state index contributed by atoms with van der Waals surface area (Å²) in [4.78, 5) is 30.6. The summed E-state index contributed by atoms with van der Waals surface area (Å²) in [6.45, 7) is 2.27. The molecule has 1 heterocycles. The largest absolute Gasteiger partial charge is 0.493 e. The molecule has 0 aliphatic rings. The number of rotatable bonds is 8. The van der Waals surface area contributed by atoms with Crippen LogP contribution in [0.4, 0.5) is 5.69 Å². The van der Waals surface area contributed by atoms with Crippen molar-refractivity contribution in [1.82, 2.24) is 9.55 Å². The van der Waals surface area contributed by atoms with E-state index in [9.17, 15) is 9.59 Å². The lowest BCUT2D eigenvalue weighted by atomic mass is 10.2. The number of fused-ring (bicyclic) bond motifs is 1. The predicted octanol–water partition coefficient (Wildman–Crippen LogP) is 4.50. The van der Waals surface area contributed by atoms with Gasteiger partial charge in [0.2, 0.25) is 5.91 Å². The monoisotopic (exact) mass is 475 g/mol. The molecule has 0 bridgehead atoms. The number of thioether (sulfide) groups is 1. The van der Waals surface area contributed by atoms with Crippen LogP contribution in [0.1, 0.15) is 11.1 Å². The summed E-state index contributed by atoms with van der Waals surface area (Å²) in [7, 11) is 3.14. The van der Waals surface area contributed by atoms with Crippen LogP contribution in [0.15, 0.2) is 76.7 Å². The molecular formula is C26H25N3O4S. The molecule has 7 nitrogen and oxygen atoms in total. The van der Waals surface area contributed by atoms with Gasteiger partial charge in [0, 0.05) is 5.69 Å². The van der Waals surface area contributed by atoms with Crippen LogP contribution in [0.3, 0.4) is 0 Å². The van der Waals surface area contributed by atoms with Crippen molar-refractivity contribution < 1.29 is 14.3 Å². The summed E-state index contributed by atoms with van der Waals surface area (Å²) in [6, 6.07) is 20.3. The van der Waals surface area contributed by atoms with E-state index in [1.165, 1.54) is 11.8 Å². The molecule has 1 N–H and O–H groups in total. The van der Waals surface area contributed by atoms with Crippen molar-refractivity contribution in [3.8, 4) is 11.5 Å². The summed E-state index contributed by atoms with van der Waals surface area (Å²) in [5.74, 6) is 1.13. The topological polar surface area (TPSA) is 82.5 Å². The number of carbonyl (C=O) groups is 1. The minimum absolute atomic E-state index is 0.116. The van der Waals surface area contributed by atoms with Gasteiger partial charge in [0.05, 0.1) is 37.4 Å². The van der Waals surface area contributed by atoms with Crippen molar-refractivity contribution in [1.29, 1.82) is 0 Å². The first kappa shape index (κ1) is 23.4. The van der Waals surface area contributed by atoms with Crippen molar-refractivity contribution in [3.63, 3.8) is 0 Å². The molecule has 0 unspecified atom stereocenters. The molecule has 34 heavy (non-hydrogen) atoms. The highest BCUT2D eigenvalue weighted by Gasteiger charge is 2.15. The van der Waals surface area contributed by atoms with Crippen LogP contribution < -0.4 is 20.3 Å². The maximum atomic E-state index is 13.4. The zero-order chi connectivity index (χ0) is 24.1. The van der Waals surface area contributed by atoms with E-state index in [0.717, 1.165) is 16.8 Å². The quantitative estimate of drug-likeness (QED) is 0.298. The number of hydrogen-bond acceptors (Lipinski definition) is 6. The maximum Gasteiger partial charge on any atom is 0.262 e. The fourth-order valence-electron chi connectivity index (χ4n) is 3.52. The van der Waals surface area contributed by atoms with Crippen molar-refractivity contribution in [2.45, 2.75) is 18.6 Å². The fraction of sp³-hybridized carbons (Fsp3) is 0.192. The second kappa shape index (κ2) is 10.4. The van der Waals surface area contributed by atoms with Crippen LogP contribution in [-0.2, 0) is 11.3 Å². The predicted molar refractivity (Wildman–Crippen MR) is 135 cm³/mol. The van der Waals surface area contributed by atoms with E-state index < -0.39 is 0 Å². The van der Waals surface area contributed by atoms with Gasteiger partial charge in [-0.1, -0.05) is 47.7 Å². The zero-order valence-electron chi connectivity index (χ0n) is 19.2. The number of benzene rings is 3. The molecule has 0 fully saturated rings. The average molecular weight is 476 g/mol. The van der Waals surface area contributed by atoms with E-state index in [1.54, 1.807) is 37.0 Å². The Morgan fingerprint density at radius 2 is 1.74 bits per heavy atom. The number of nitrogens with zero attached hydrogens (tertiary/aromatic N) is 2. The molecular weight excluding hydrogens is 450 g/mol. The van der Waals surface area contributed by atoms with Gasteiger partial charge in [0.1, 0.15) is 0 Å². The Morgan fingerprint density at radius 1 is 1.00 bits per heavy atom. The zero-order valence-corrected chi connectivity index (χ0v) is 20.0. The Balaban J connectivity index is 1.63. The first-order valence-corrected chi connectivity index (χ1v) is 11.7. The van der Waals surface area contributed by atoms with Crippen molar-refractivity contribution in [2.24, 2.45) is 0 Å². The van der Waals surface area contributed by atoms with E-state index >= 15 is 0 Å². The van der Waals surface area contributed by atoms with Gasteiger partial charge in [-0.05, 0) is 48.9 Å². The molecule has 0 aliphatic carbocycles. The summed E-state index contributed by atoms with van der Waals surface area (Å²) >= 11 is 1.23. The third-order valence-electron chi connectivity index (χ3n) is 5.28. The molecule has 0 spiro atoms. The number of hydrogen-bond donors (Lipinski definition) is 1. The van der Waals surface area contributed by atoms with Gasteiger partial charge in [-0.25, -0.2) is 4.98 Å². The second-order valence-corrected chi connectivity index (χ2v) is 8.64. The minimum Gasteiger partial charge on any atom is -0.493 e. The Kier molecular flexibility index (Phi) is 7.18. The second-order valence-electron chi connectivity index (χ2n) is 7.70. The van der Waals surface area contributed by atoms with E-state index in [0.29, 0.717) is 27.6 Å². The Hall–Kier alpha value is -3.78. The van der Waals surface area contributed by atoms with Crippen LogP contribution in [0.25, 0.3) is 10.9 Å². The van der Waals surface area contributed by atoms with E-state index in [4.69, 9.17) is 9.47 Å². The lowest BCUT2D eigenvalue weighted by Gasteiger charge is -2.15. The van der Waals surface area contributed by atoms with Crippen LogP contribution in [0.2, 0.25) is 0 Å². The third-order valence-corrected chi connectivity index (χ3v) is 6.26. The van der Waals surface area contributed by atoms with E-state index in [-0.39, 0.29) is 23.8 Å². The minimum atomic E-state index is -0.172. The number of carbonyl (C=O) groups excluding carboxylic acids is 1. The van der Waals surface area contributed by atoms with Crippen molar-refractivity contribution >= 4 is 34.3 Å². The molecule has 0 aliphatic heterocycles. The van der Waals surface area contributed by atoms with E-state index in [2.05, 4.69) is 10.3 Å². The van der Waals surface area contributed by atoms with Gasteiger partial charge in [-0.2, -0.15) is 0 Å². The summed E-state index contributed by atoms with van der Waals surface area (Å²) in [5, 5.41) is 3.88. The van der Waals surface area contributed by atoms with Crippen LogP contribution in [-0.4, -0.2) is 35.4 Å². The molecule has 1 amide bonds. The molecule has 0 saturated heterocycles. The Morgan fingerprint density at radius 3 is 2.47 bits per heavy atom. The smallest absolute Gasteiger partial charge is 0.262 e. The van der Waals surface area contributed by atoms with Gasteiger partial charge < -0.3 is 14.8 Å². The highest BCUT2D eigenvalue weighted by atomic mass is 32.2. The first-order chi connectivity index (χ1) is 16.5. The highest BCUT2D eigenvalue weighted by molar-refractivity contribution is 7.99. The van der Waals surface area contributed by atoms with Gasteiger partial charge >= 0.3 is 0 Å². The number of nitrogens with one attached hydrogen (secondary N) is 1. The number of aromatic nitrogens is 2. The molecule has 8 heteroatoms. The van der Waals surface area contributed by atoms with Crippen LogP contribution >= 0.6 is 11.8 Å². The molecule has 0 radical (unpaired) electrons. The third kappa shape index (κ3) is 5.23. The summed E-state index contributed by atoms with van der Waals surface area (Å²) in [6.07, 6.45) is 0. The highest BCUT2D eigenvalue weighted by Crippen LogP contribution is 2.28. The Bertz CT molecular complexity index is 1380. The molecule has 0 saturated carbocycles. The number of aryl methyl sites for hydroxylation is 1. The molecule has 4 aromatic rings. The molecule has 3 aromatic carbocycles. The lowest BCUT2D eigenvalue weighted by Crippen LogP contribution is -2.25. The first-order valence-electron chi connectivity index (χ1n) is 10.7. The van der Waals surface area contributed by atoms with Gasteiger partial charge in [0.15, 0.2) is 16.7 Å². The lowest BCUT2D eigenvalue weighted by molar-refractivity contribution is -0.113.